The fourth-order valence-electron chi connectivity index (χ4n) is 3.15. The van der Waals surface area contributed by atoms with Crippen LogP contribution in [0.4, 0.5) is 0 Å². The number of aryl methyl sites for hydroxylation is 4. The van der Waals surface area contributed by atoms with E-state index in [1.165, 1.54) is 18.5 Å². The molecule has 1 fully saturated rings. The Bertz CT molecular complexity index is 609. The number of oxazole rings is 1. The molecule has 2 aromatic heterocycles. The maximum absolute atomic E-state index is 5.73. The minimum atomic E-state index is 0.524. The van der Waals surface area contributed by atoms with E-state index in [2.05, 4.69) is 32.7 Å². The zero-order chi connectivity index (χ0) is 15.0. The average Bonchev–Trinajstić information content (AvgIpc) is 3.05. The van der Waals surface area contributed by atoms with E-state index in [0.717, 1.165) is 42.7 Å². The van der Waals surface area contributed by atoms with Gasteiger partial charge in [-0.3, -0.25) is 9.58 Å². The molecule has 5 nitrogen and oxygen atoms in total. The van der Waals surface area contributed by atoms with Crippen LogP contribution in [0.1, 0.15) is 41.6 Å². The Hall–Kier alpha value is -1.62. The quantitative estimate of drug-likeness (QED) is 0.868. The number of hydrogen-bond donors (Lipinski definition) is 0. The second-order valence-corrected chi connectivity index (χ2v) is 6.12. The molecular formula is C16H24N4O. The van der Waals surface area contributed by atoms with Crippen LogP contribution in [0.25, 0.3) is 0 Å². The Morgan fingerprint density at radius 1 is 1.29 bits per heavy atom. The molecule has 0 radical (unpaired) electrons. The second kappa shape index (κ2) is 5.64. The normalized spacial score (nSPS) is 19.5. The number of nitrogens with zero attached hydrogens (tertiary/aromatic N) is 4. The van der Waals surface area contributed by atoms with Crippen molar-refractivity contribution in [3.05, 3.63) is 34.8 Å². The molecule has 3 rings (SSSR count). The molecule has 0 amide bonds. The Morgan fingerprint density at radius 2 is 2.10 bits per heavy atom. The fraction of sp³-hybridized carbons (Fsp3) is 0.625. The van der Waals surface area contributed by atoms with Gasteiger partial charge < -0.3 is 4.42 Å². The summed E-state index contributed by atoms with van der Waals surface area (Å²) >= 11 is 0. The molecule has 5 heteroatoms. The van der Waals surface area contributed by atoms with Crippen LogP contribution < -0.4 is 0 Å². The highest BCUT2D eigenvalue weighted by molar-refractivity contribution is 5.07. The zero-order valence-electron chi connectivity index (χ0n) is 13.4. The third kappa shape index (κ3) is 3.02. The summed E-state index contributed by atoms with van der Waals surface area (Å²) in [5, 5.41) is 4.58. The highest BCUT2D eigenvalue weighted by Crippen LogP contribution is 2.22. The van der Waals surface area contributed by atoms with Crippen molar-refractivity contribution in [3.8, 4) is 0 Å². The van der Waals surface area contributed by atoms with Gasteiger partial charge in [0, 0.05) is 11.7 Å². The summed E-state index contributed by atoms with van der Waals surface area (Å²) in [5.41, 5.74) is 3.33. The van der Waals surface area contributed by atoms with Crippen molar-refractivity contribution >= 4 is 0 Å². The molecule has 21 heavy (non-hydrogen) atoms. The van der Waals surface area contributed by atoms with Crippen LogP contribution >= 0.6 is 0 Å². The summed E-state index contributed by atoms with van der Waals surface area (Å²) < 4.78 is 7.86. The van der Waals surface area contributed by atoms with Gasteiger partial charge in [0.25, 0.3) is 0 Å². The SMILES string of the molecule is Cc1cc(C)n(CC2CCCN2Cc2nc(C)c(C)o2)n1. The van der Waals surface area contributed by atoms with Crippen LogP contribution in [-0.2, 0) is 13.1 Å². The van der Waals surface area contributed by atoms with Gasteiger partial charge in [-0.25, -0.2) is 4.98 Å². The lowest BCUT2D eigenvalue weighted by molar-refractivity contribution is 0.198. The van der Waals surface area contributed by atoms with Gasteiger partial charge in [0.2, 0.25) is 5.89 Å². The molecule has 0 bridgehead atoms. The summed E-state index contributed by atoms with van der Waals surface area (Å²) in [7, 11) is 0. The Morgan fingerprint density at radius 3 is 2.71 bits per heavy atom. The van der Waals surface area contributed by atoms with Gasteiger partial charge in [0.05, 0.1) is 24.5 Å². The molecule has 0 spiro atoms. The molecule has 0 aromatic carbocycles. The molecule has 1 atom stereocenters. The lowest BCUT2D eigenvalue weighted by Crippen LogP contribution is -2.33. The van der Waals surface area contributed by atoms with E-state index >= 15 is 0 Å². The van der Waals surface area contributed by atoms with Gasteiger partial charge in [-0.2, -0.15) is 5.10 Å². The predicted molar refractivity (Wildman–Crippen MR) is 81.1 cm³/mol. The largest absolute Gasteiger partial charge is 0.444 e. The maximum Gasteiger partial charge on any atom is 0.208 e. The molecule has 1 aliphatic heterocycles. The van der Waals surface area contributed by atoms with Crippen LogP contribution in [0, 0.1) is 27.7 Å². The monoisotopic (exact) mass is 288 g/mol. The Balaban J connectivity index is 1.69. The Labute approximate surface area is 126 Å². The first-order valence-corrected chi connectivity index (χ1v) is 7.71. The first-order valence-electron chi connectivity index (χ1n) is 7.71. The molecule has 114 valence electrons. The highest BCUT2D eigenvalue weighted by atomic mass is 16.4. The summed E-state index contributed by atoms with van der Waals surface area (Å²) in [5.74, 6) is 1.77. The number of aromatic nitrogens is 3. The van der Waals surface area contributed by atoms with Gasteiger partial charge in [-0.1, -0.05) is 0 Å². The smallest absolute Gasteiger partial charge is 0.208 e. The lowest BCUT2D eigenvalue weighted by atomic mass is 10.2. The van der Waals surface area contributed by atoms with Gasteiger partial charge in [0.15, 0.2) is 0 Å². The molecule has 1 saturated heterocycles. The zero-order valence-corrected chi connectivity index (χ0v) is 13.4. The predicted octanol–water partition coefficient (Wildman–Crippen LogP) is 2.77. The second-order valence-electron chi connectivity index (χ2n) is 6.12. The van der Waals surface area contributed by atoms with Crippen molar-refractivity contribution in [1.82, 2.24) is 19.7 Å². The molecule has 1 unspecified atom stereocenters. The fourth-order valence-corrected chi connectivity index (χ4v) is 3.15. The van der Waals surface area contributed by atoms with Crippen molar-refractivity contribution in [2.24, 2.45) is 0 Å². The highest BCUT2D eigenvalue weighted by Gasteiger charge is 2.27. The van der Waals surface area contributed by atoms with Crippen molar-refractivity contribution in [1.29, 1.82) is 0 Å². The van der Waals surface area contributed by atoms with Crippen molar-refractivity contribution in [2.75, 3.05) is 6.54 Å². The first-order chi connectivity index (χ1) is 10.0. The van der Waals surface area contributed by atoms with Crippen molar-refractivity contribution in [2.45, 2.75) is 59.7 Å². The standard InChI is InChI=1S/C16H24N4O/c1-11-8-12(2)20(18-11)9-15-6-5-7-19(15)10-16-17-13(3)14(4)21-16/h8,15H,5-7,9-10H2,1-4H3. The molecule has 3 heterocycles. The van der Waals surface area contributed by atoms with Gasteiger partial charge in [0.1, 0.15) is 5.76 Å². The number of likely N-dealkylation sites (tertiary alicyclic amines) is 1. The summed E-state index contributed by atoms with van der Waals surface area (Å²) in [6, 6.07) is 2.66. The minimum Gasteiger partial charge on any atom is -0.444 e. The van der Waals surface area contributed by atoms with E-state index in [4.69, 9.17) is 4.42 Å². The lowest BCUT2D eigenvalue weighted by Gasteiger charge is -2.23. The average molecular weight is 288 g/mol. The molecule has 0 N–H and O–H groups in total. The van der Waals surface area contributed by atoms with Crippen LogP contribution in [0.5, 0.6) is 0 Å². The topological polar surface area (TPSA) is 47.1 Å². The van der Waals surface area contributed by atoms with E-state index in [1.54, 1.807) is 0 Å². The maximum atomic E-state index is 5.73. The van der Waals surface area contributed by atoms with Crippen molar-refractivity contribution < 1.29 is 4.42 Å². The van der Waals surface area contributed by atoms with Crippen LogP contribution in [-0.4, -0.2) is 32.3 Å². The summed E-state index contributed by atoms with van der Waals surface area (Å²) in [6.45, 7) is 11.0. The molecule has 0 saturated carbocycles. The Kier molecular flexibility index (Phi) is 3.85. The van der Waals surface area contributed by atoms with E-state index < -0.39 is 0 Å². The van der Waals surface area contributed by atoms with Crippen LogP contribution in [0.2, 0.25) is 0 Å². The molecule has 0 aliphatic carbocycles. The third-order valence-electron chi connectivity index (χ3n) is 4.40. The number of hydrogen-bond acceptors (Lipinski definition) is 4. The van der Waals surface area contributed by atoms with Gasteiger partial charge >= 0.3 is 0 Å². The van der Waals surface area contributed by atoms with E-state index in [1.807, 2.05) is 20.8 Å². The van der Waals surface area contributed by atoms with Crippen LogP contribution in [0.15, 0.2) is 10.5 Å². The summed E-state index contributed by atoms with van der Waals surface area (Å²) in [4.78, 5) is 6.98. The molecule has 1 aliphatic rings. The van der Waals surface area contributed by atoms with E-state index in [-0.39, 0.29) is 0 Å². The van der Waals surface area contributed by atoms with Crippen molar-refractivity contribution in [3.63, 3.8) is 0 Å². The van der Waals surface area contributed by atoms with Crippen LogP contribution in [0.3, 0.4) is 0 Å². The minimum absolute atomic E-state index is 0.524. The summed E-state index contributed by atoms with van der Waals surface area (Å²) in [6.07, 6.45) is 2.46. The van der Waals surface area contributed by atoms with Gasteiger partial charge in [-0.15, -0.1) is 0 Å². The molecular weight excluding hydrogens is 264 g/mol. The number of rotatable bonds is 4. The first kappa shape index (κ1) is 14.3. The van der Waals surface area contributed by atoms with Gasteiger partial charge in [-0.05, 0) is 53.1 Å². The van der Waals surface area contributed by atoms with E-state index in [9.17, 15) is 0 Å². The molecule has 2 aromatic rings. The third-order valence-corrected chi connectivity index (χ3v) is 4.40. The van der Waals surface area contributed by atoms with E-state index in [0.29, 0.717) is 6.04 Å².